The molecule has 0 bridgehead atoms. The lowest BCUT2D eigenvalue weighted by atomic mass is 10.1. The van der Waals surface area contributed by atoms with Gasteiger partial charge < -0.3 is 25.4 Å². The van der Waals surface area contributed by atoms with Gasteiger partial charge in [-0.25, -0.2) is 4.99 Å². The number of rotatable bonds is 8. The summed E-state index contributed by atoms with van der Waals surface area (Å²) in [5, 5.41) is 3.09. The van der Waals surface area contributed by atoms with Gasteiger partial charge in [0.05, 0.1) is 20.8 Å². The van der Waals surface area contributed by atoms with E-state index in [9.17, 15) is 0 Å². The van der Waals surface area contributed by atoms with Gasteiger partial charge in [0.1, 0.15) is 0 Å². The highest BCUT2D eigenvalue weighted by molar-refractivity contribution is 5.92. The first-order chi connectivity index (χ1) is 14.6. The zero-order valence-electron chi connectivity index (χ0n) is 18.2. The molecule has 2 aromatic carbocycles. The van der Waals surface area contributed by atoms with Crippen molar-refractivity contribution in [3.63, 3.8) is 0 Å². The van der Waals surface area contributed by atoms with Crippen molar-refractivity contribution in [2.24, 2.45) is 10.7 Å². The Kier molecular flexibility index (Phi) is 7.93. The zero-order valence-corrected chi connectivity index (χ0v) is 18.2. The van der Waals surface area contributed by atoms with Crippen LogP contribution in [-0.4, -0.2) is 62.7 Å². The van der Waals surface area contributed by atoms with Gasteiger partial charge in [0, 0.05) is 44.5 Å². The van der Waals surface area contributed by atoms with Crippen LogP contribution >= 0.6 is 0 Å². The monoisotopic (exact) mass is 411 g/mol. The third-order valence-electron chi connectivity index (χ3n) is 5.43. The summed E-state index contributed by atoms with van der Waals surface area (Å²) in [6.07, 6.45) is 0. The molecule has 0 radical (unpaired) electrons. The molecule has 0 amide bonds. The summed E-state index contributed by atoms with van der Waals surface area (Å²) in [4.78, 5) is 9.46. The minimum Gasteiger partial charge on any atom is -0.493 e. The SMILES string of the molecule is CCN1CCN(Cc2ccc(CN=C(N)Nc3ccc(OC)c(OC)c3)cc2)CC1. The first-order valence-electron chi connectivity index (χ1n) is 10.4. The molecular weight excluding hydrogens is 378 g/mol. The summed E-state index contributed by atoms with van der Waals surface area (Å²) in [6.45, 7) is 9.51. The number of nitrogens with zero attached hydrogens (tertiary/aromatic N) is 3. The number of benzene rings is 2. The maximum absolute atomic E-state index is 6.05. The van der Waals surface area contributed by atoms with Crippen LogP contribution in [0.4, 0.5) is 5.69 Å². The van der Waals surface area contributed by atoms with E-state index in [1.54, 1.807) is 14.2 Å². The number of ether oxygens (including phenoxy) is 2. The van der Waals surface area contributed by atoms with Crippen molar-refractivity contribution < 1.29 is 9.47 Å². The number of anilines is 1. The zero-order chi connectivity index (χ0) is 21.3. The van der Waals surface area contributed by atoms with Gasteiger partial charge in [-0.1, -0.05) is 31.2 Å². The minimum atomic E-state index is 0.361. The van der Waals surface area contributed by atoms with E-state index in [4.69, 9.17) is 15.2 Å². The molecule has 1 fully saturated rings. The predicted octanol–water partition coefficient (Wildman–Crippen LogP) is 2.77. The molecule has 1 saturated heterocycles. The fourth-order valence-corrected chi connectivity index (χ4v) is 3.55. The Morgan fingerprint density at radius 1 is 0.933 bits per heavy atom. The second kappa shape index (κ2) is 10.8. The molecule has 2 aromatic rings. The van der Waals surface area contributed by atoms with Gasteiger partial charge >= 0.3 is 0 Å². The van der Waals surface area contributed by atoms with Crippen LogP contribution in [0.25, 0.3) is 0 Å². The molecule has 30 heavy (non-hydrogen) atoms. The summed E-state index contributed by atoms with van der Waals surface area (Å²) in [5.74, 6) is 1.67. The van der Waals surface area contributed by atoms with Crippen molar-refractivity contribution in [1.29, 1.82) is 0 Å². The maximum atomic E-state index is 6.05. The quantitative estimate of drug-likeness (QED) is 0.514. The Balaban J connectivity index is 1.51. The fourth-order valence-electron chi connectivity index (χ4n) is 3.55. The van der Waals surface area contributed by atoms with Gasteiger partial charge in [0.15, 0.2) is 17.5 Å². The van der Waals surface area contributed by atoms with Crippen LogP contribution in [0.2, 0.25) is 0 Å². The van der Waals surface area contributed by atoms with Crippen LogP contribution in [0.5, 0.6) is 11.5 Å². The molecule has 0 aromatic heterocycles. The average Bonchev–Trinajstić information content (AvgIpc) is 2.79. The summed E-state index contributed by atoms with van der Waals surface area (Å²) < 4.78 is 10.6. The van der Waals surface area contributed by atoms with E-state index in [2.05, 4.69) is 51.3 Å². The lowest BCUT2D eigenvalue weighted by molar-refractivity contribution is 0.132. The topological polar surface area (TPSA) is 75.4 Å². The van der Waals surface area contributed by atoms with Crippen LogP contribution in [-0.2, 0) is 13.1 Å². The number of hydrogen-bond donors (Lipinski definition) is 2. The number of nitrogens with two attached hydrogens (primary N) is 1. The highest BCUT2D eigenvalue weighted by Crippen LogP contribution is 2.29. The van der Waals surface area contributed by atoms with E-state index in [-0.39, 0.29) is 0 Å². The van der Waals surface area contributed by atoms with E-state index in [1.807, 2.05) is 18.2 Å². The first-order valence-corrected chi connectivity index (χ1v) is 10.4. The molecule has 0 saturated carbocycles. The molecule has 3 rings (SSSR count). The molecule has 162 valence electrons. The maximum Gasteiger partial charge on any atom is 0.193 e. The van der Waals surface area contributed by atoms with E-state index >= 15 is 0 Å². The Hall–Kier alpha value is -2.77. The molecule has 0 atom stereocenters. The van der Waals surface area contributed by atoms with Crippen LogP contribution in [0, 0.1) is 0 Å². The van der Waals surface area contributed by atoms with Crippen LogP contribution in [0.15, 0.2) is 47.5 Å². The van der Waals surface area contributed by atoms with Crippen molar-refractivity contribution in [2.45, 2.75) is 20.0 Å². The molecule has 7 heteroatoms. The number of hydrogen-bond acceptors (Lipinski definition) is 5. The largest absolute Gasteiger partial charge is 0.493 e. The Bertz CT molecular complexity index is 830. The third kappa shape index (κ3) is 6.11. The standard InChI is InChI=1S/C23H33N5O2/c1-4-27-11-13-28(14-12-27)17-19-7-5-18(6-8-19)16-25-23(24)26-20-9-10-21(29-2)22(15-20)30-3/h5-10,15H,4,11-14,16-17H2,1-3H3,(H3,24,25,26). The molecule has 1 heterocycles. The molecule has 1 aliphatic heterocycles. The van der Waals surface area contributed by atoms with Gasteiger partial charge in [0.2, 0.25) is 0 Å². The molecule has 7 nitrogen and oxygen atoms in total. The van der Waals surface area contributed by atoms with Crippen LogP contribution in [0.3, 0.4) is 0 Å². The normalized spacial score (nSPS) is 15.8. The number of aliphatic imine (C=N–C) groups is 1. The van der Waals surface area contributed by atoms with Crippen molar-refractivity contribution in [2.75, 3.05) is 52.3 Å². The molecule has 3 N–H and O–H groups in total. The molecular formula is C23H33N5O2. The van der Waals surface area contributed by atoms with Crippen molar-refractivity contribution in [3.8, 4) is 11.5 Å². The third-order valence-corrected chi connectivity index (χ3v) is 5.43. The van der Waals surface area contributed by atoms with Crippen LogP contribution < -0.4 is 20.5 Å². The van der Waals surface area contributed by atoms with Crippen molar-refractivity contribution in [3.05, 3.63) is 53.6 Å². The van der Waals surface area contributed by atoms with Gasteiger partial charge in [-0.3, -0.25) is 4.90 Å². The fraction of sp³-hybridized carbons (Fsp3) is 0.435. The number of piperazine rings is 1. The highest BCUT2D eigenvalue weighted by atomic mass is 16.5. The molecule has 0 aliphatic carbocycles. The Morgan fingerprint density at radius 2 is 1.57 bits per heavy atom. The molecule has 1 aliphatic rings. The Morgan fingerprint density at radius 3 is 2.20 bits per heavy atom. The summed E-state index contributed by atoms with van der Waals surface area (Å²) >= 11 is 0. The van der Waals surface area contributed by atoms with Crippen molar-refractivity contribution >= 4 is 11.6 Å². The number of nitrogens with one attached hydrogen (secondary N) is 1. The summed E-state index contributed by atoms with van der Waals surface area (Å²) in [6, 6.07) is 14.2. The van der Waals surface area contributed by atoms with E-state index in [0.29, 0.717) is 24.0 Å². The average molecular weight is 412 g/mol. The lowest BCUT2D eigenvalue weighted by Crippen LogP contribution is -2.45. The number of likely N-dealkylation sites (N-methyl/N-ethyl adjacent to an activating group) is 1. The van der Waals surface area contributed by atoms with E-state index in [0.717, 1.165) is 50.5 Å². The second-order valence-corrected chi connectivity index (χ2v) is 7.42. The molecule has 0 spiro atoms. The van der Waals surface area contributed by atoms with Gasteiger partial charge in [0.25, 0.3) is 0 Å². The minimum absolute atomic E-state index is 0.361. The second-order valence-electron chi connectivity index (χ2n) is 7.42. The highest BCUT2D eigenvalue weighted by Gasteiger charge is 2.15. The van der Waals surface area contributed by atoms with E-state index < -0.39 is 0 Å². The number of methoxy groups -OCH3 is 2. The lowest BCUT2D eigenvalue weighted by Gasteiger charge is -2.34. The van der Waals surface area contributed by atoms with Gasteiger partial charge in [-0.15, -0.1) is 0 Å². The predicted molar refractivity (Wildman–Crippen MR) is 122 cm³/mol. The number of guanidine groups is 1. The van der Waals surface area contributed by atoms with Crippen LogP contribution in [0.1, 0.15) is 18.1 Å². The summed E-state index contributed by atoms with van der Waals surface area (Å²) in [5.41, 5.74) is 9.31. The smallest absolute Gasteiger partial charge is 0.193 e. The summed E-state index contributed by atoms with van der Waals surface area (Å²) in [7, 11) is 3.21. The molecule has 0 unspecified atom stereocenters. The van der Waals surface area contributed by atoms with Gasteiger partial charge in [-0.2, -0.15) is 0 Å². The first kappa shape index (κ1) is 21.9. The van der Waals surface area contributed by atoms with E-state index in [1.165, 1.54) is 5.56 Å². The van der Waals surface area contributed by atoms with Gasteiger partial charge in [-0.05, 0) is 29.8 Å². The Labute approximate surface area is 179 Å². The van der Waals surface area contributed by atoms with Crippen molar-refractivity contribution in [1.82, 2.24) is 9.80 Å².